The van der Waals surface area contributed by atoms with Gasteiger partial charge in [0, 0.05) is 0 Å². The van der Waals surface area contributed by atoms with E-state index in [-0.39, 0.29) is 39.1 Å². The van der Waals surface area contributed by atoms with Gasteiger partial charge in [-0.2, -0.15) is 0 Å². The normalized spacial score (nSPS) is 26.2. The molecule has 0 saturated carbocycles. The van der Waals surface area contributed by atoms with Gasteiger partial charge in [-0.3, -0.25) is 0 Å². The highest BCUT2D eigenvalue weighted by Crippen LogP contribution is 2.20. The van der Waals surface area contributed by atoms with Crippen molar-refractivity contribution >= 4 is 18.5 Å². The van der Waals surface area contributed by atoms with Crippen LogP contribution in [-0.2, 0) is 28.4 Å². The molecule has 25 heavy (non-hydrogen) atoms. The van der Waals surface area contributed by atoms with Crippen molar-refractivity contribution in [2.75, 3.05) is 39.6 Å². The van der Waals surface area contributed by atoms with Crippen LogP contribution in [0.25, 0.3) is 0 Å². The molecule has 2 unspecified atom stereocenters. The van der Waals surface area contributed by atoms with E-state index < -0.39 is 30.0 Å². The Morgan fingerprint density at radius 3 is 1.76 bits per heavy atom. The molecule has 0 radical (unpaired) electrons. The number of hydrogen-bond acceptors (Lipinski definition) is 11. The largest absolute Gasteiger partial charge is 0.508 e. The number of carbonyl (C=O) groups excluding carboxylic acids is 3. The monoisotopic (exact) mass is 366 g/mol. The molecule has 3 saturated heterocycles. The molecule has 11 nitrogen and oxygen atoms in total. The summed E-state index contributed by atoms with van der Waals surface area (Å²) in [5.41, 5.74) is -0.409. The number of cyclic esters (lactones) is 6. The summed E-state index contributed by atoms with van der Waals surface area (Å²) >= 11 is 0. The lowest BCUT2D eigenvalue weighted by Gasteiger charge is -2.29. The second-order valence-electron chi connectivity index (χ2n) is 5.77. The summed E-state index contributed by atoms with van der Waals surface area (Å²) in [5.74, 6) is 0. The first-order chi connectivity index (χ1) is 11.8. The molecule has 0 aromatic heterocycles. The summed E-state index contributed by atoms with van der Waals surface area (Å²) in [6.07, 6.45) is -2.38. The van der Waals surface area contributed by atoms with Gasteiger partial charge in [-0.25, -0.2) is 14.4 Å². The van der Waals surface area contributed by atoms with E-state index in [2.05, 4.69) is 28.4 Å². The van der Waals surface area contributed by atoms with E-state index in [9.17, 15) is 14.4 Å². The predicted octanol–water partition coefficient (Wildman–Crippen LogP) is 0.208. The Balaban J connectivity index is 0.000000191. The van der Waals surface area contributed by atoms with Gasteiger partial charge >= 0.3 is 18.5 Å². The van der Waals surface area contributed by atoms with Gasteiger partial charge < -0.3 is 38.6 Å². The van der Waals surface area contributed by atoms with Crippen molar-refractivity contribution in [3.05, 3.63) is 0 Å². The maximum atomic E-state index is 10.3. The first-order valence-electron chi connectivity index (χ1n) is 7.46. The average molecular weight is 366 g/mol. The van der Waals surface area contributed by atoms with Crippen molar-refractivity contribution in [1.82, 2.24) is 0 Å². The number of rotatable bonds is 2. The van der Waals surface area contributed by atoms with Gasteiger partial charge in [-0.15, -0.1) is 0 Å². The minimum atomic E-state index is -0.691. The number of aliphatic hydroxyl groups is 2. The lowest BCUT2D eigenvalue weighted by molar-refractivity contribution is -0.0715. The molecule has 0 amide bonds. The topological polar surface area (TPSA) is 147 Å². The van der Waals surface area contributed by atoms with Crippen LogP contribution in [0, 0.1) is 5.41 Å². The van der Waals surface area contributed by atoms with Gasteiger partial charge in [-0.05, 0) is 6.92 Å². The summed E-state index contributed by atoms with van der Waals surface area (Å²) < 4.78 is 26.8. The van der Waals surface area contributed by atoms with Gasteiger partial charge in [-0.1, -0.05) is 6.92 Å². The molecule has 11 heteroatoms. The van der Waals surface area contributed by atoms with Gasteiger partial charge in [0.15, 0.2) is 6.10 Å². The molecule has 3 rings (SSSR count). The number of ether oxygens (including phenoxy) is 6. The molecule has 3 aliphatic rings. The summed E-state index contributed by atoms with van der Waals surface area (Å²) in [4.78, 5) is 30.4. The second kappa shape index (κ2) is 9.89. The first kappa shape index (κ1) is 20.8. The second-order valence-corrected chi connectivity index (χ2v) is 5.77. The fraction of sp³-hybridized carbons (Fsp3) is 0.786. The van der Waals surface area contributed by atoms with E-state index in [1.165, 1.54) is 0 Å². The Kier molecular flexibility index (Phi) is 8.22. The van der Waals surface area contributed by atoms with E-state index >= 15 is 0 Å². The molecule has 0 bridgehead atoms. The van der Waals surface area contributed by atoms with Crippen molar-refractivity contribution in [3.8, 4) is 0 Å². The van der Waals surface area contributed by atoms with Gasteiger partial charge in [0.05, 0.1) is 18.6 Å². The van der Waals surface area contributed by atoms with Crippen molar-refractivity contribution in [2.45, 2.75) is 26.1 Å². The molecular weight excluding hydrogens is 344 g/mol. The van der Waals surface area contributed by atoms with E-state index in [1.54, 1.807) is 13.8 Å². The molecular formula is C14H22O11. The van der Waals surface area contributed by atoms with Crippen molar-refractivity contribution in [2.24, 2.45) is 5.41 Å². The zero-order chi connectivity index (χ0) is 18.9. The highest BCUT2D eigenvalue weighted by molar-refractivity contribution is 5.62. The molecule has 2 atom stereocenters. The molecule has 3 heterocycles. The Morgan fingerprint density at radius 2 is 1.48 bits per heavy atom. The van der Waals surface area contributed by atoms with Crippen LogP contribution in [0.1, 0.15) is 13.8 Å². The van der Waals surface area contributed by atoms with Crippen LogP contribution in [0.5, 0.6) is 0 Å². The van der Waals surface area contributed by atoms with Crippen LogP contribution in [0.15, 0.2) is 0 Å². The molecule has 0 spiro atoms. The number of hydrogen-bond donors (Lipinski definition) is 2. The van der Waals surface area contributed by atoms with Crippen LogP contribution in [0.4, 0.5) is 14.4 Å². The Labute approximate surface area is 143 Å². The maximum Gasteiger partial charge on any atom is 0.508 e. The van der Waals surface area contributed by atoms with Crippen LogP contribution in [-0.4, -0.2) is 80.5 Å². The van der Waals surface area contributed by atoms with Crippen molar-refractivity contribution in [3.63, 3.8) is 0 Å². The van der Waals surface area contributed by atoms with Gasteiger partial charge in [0.1, 0.15) is 32.5 Å². The lowest BCUT2D eigenvalue weighted by atomic mass is 9.94. The average Bonchev–Trinajstić information content (AvgIpc) is 3.19. The number of carbonyl (C=O) groups is 3. The van der Waals surface area contributed by atoms with Crippen LogP contribution in [0.2, 0.25) is 0 Å². The first-order valence-corrected chi connectivity index (χ1v) is 7.46. The SMILES string of the molecule is CC1(CO)COC(=O)OC1.CC1COC(=O)O1.O=C1OCC(CO)O1. The number of aliphatic hydroxyl groups excluding tert-OH is 2. The summed E-state index contributed by atoms with van der Waals surface area (Å²) in [6.45, 7) is 4.44. The molecule has 0 aliphatic carbocycles. The minimum Gasteiger partial charge on any atom is -0.433 e. The predicted molar refractivity (Wildman–Crippen MR) is 77.7 cm³/mol. The van der Waals surface area contributed by atoms with E-state index in [0.717, 1.165) is 0 Å². The van der Waals surface area contributed by atoms with Crippen LogP contribution >= 0.6 is 0 Å². The Bertz CT molecular complexity index is 454. The fourth-order valence-corrected chi connectivity index (χ4v) is 1.51. The maximum absolute atomic E-state index is 10.3. The smallest absolute Gasteiger partial charge is 0.433 e. The molecule has 144 valence electrons. The van der Waals surface area contributed by atoms with Crippen molar-refractivity contribution in [1.29, 1.82) is 0 Å². The standard InChI is InChI=1S/C6H10O4.C4H6O4.C4H6O3/c1-6(2-7)3-9-5(8)10-4-6;5-1-3-2-7-4(6)8-3;1-3-2-6-4(5)7-3/h7H,2-4H2,1H3;3,5H,1-2H2;3H,2H2,1H3. The van der Waals surface area contributed by atoms with Gasteiger partial charge in [0.25, 0.3) is 0 Å². The third kappa shape index (κ3) is 7.90. The zero-order valence-corrected chi connectivity index (χ0v) is 14.0. The van der Waals surface area contributed by atoms with Crippen LogP contribution < -0.4 is 0 Å². The van der Waals surface area contributed by atoms with Crippen LogP contribution in [0.3, 0.4) is 0 Å². The highest BCUT2D eigenvalue weighted by atomic mass is 16.8. The summed E-state index contributed by atoms with van der Waals surface area (Å²) in [5, 5.41) is 17.1. The molecule has 0 aromatic rings. The van der Waals surface area contributed by atoms with Crippen molar-refractivity contribution < 1.29 is 53.0 Å². The molecule has 2 N–H and O–H groups in total. The quantitative estimate of drug-likeness (QED) is 0.510. The van der Waals surface area contributed by atoms with E-state index in [4.69, 9.17) is 10.2 Å². The summed E-state index contributed by atoms with van der Waals surface area (Å²) in [7, 11) is 0. The Morgan fingerprint density at radius 1 is 0.920 bits per heavy atom. The minimum absolute atomic E-state index is 0.0275. The van der Waals surface area contributed by atoms with E-state index in [1.807, 2.05) is 0 Å². The molecule has 3 fully saturated rings. The summed E-state index contributed by atoms with van der Waals surface area (Å²) in [6, 6.07) is 0. The molecule has 3 aliphatic heterocycles. The molecule has 0 aromatic carbocycles. The Hall–Kier alpha value is -2.27. The third-order valence-corrected chi connectivity index (χ3v) is 3.05. The lowest BCUT2D eigenvalue weighted by Crippen LogP contribution is -2.39. The zero-order valence-electron chi connectivity index (χ0n) is 14.0. The fourth-order valence-electron chi connectivity index (χ4n) is 1.51. The highest BCUT2D eigenvalue weighted by Gasteiger charge is 2.32. The third-order valence-electron chi connectivity index (χ3n) is 3.05. The van der Waals surface area contributed by atoms with Gasteiger partial charge in [0.2, 0.25) is 0 Å². The van der Waals surface area contributed by atoms with E-state index in [0.29, 0.717) is 6.61 Å².